The molecule has 410 valence electrons. The van der Waals surface area contributed by atoms with Crippen molar-refractivity contribution in [3.8, 4) is 0 Å². The number of hydrogen-bond donors (Lipinski definition) is 0. The van der Waals surface area contributed by atoms with Gasteiger partial charge in [0, 0.05) is 0 Å². The molecule has 2 fully saturated rings. The van der Waals surface area contributed by atoms with Gasteiger partial charge in [-0.3, -0.25) is 0 Å². The van der Waals surface area contributed by atoms with E-state index in [9.17, 15) is 105 Å². The van der Waals surface area contributed by atoms with Crippen LogP contribution in [0.15, 0.2) is 72.8 Å². The quantitative estimate of drug-likeness (QED) is 0.109. The van der Waals surface area contributed by atoms with Crippen molar-refractivity contribution in [3.05, 3.63) is 117 Å². The van der Waals surface area contributed by atoms with E-state index in [1.165, 1.54) is 0 Å². The molecule has 4 aromatic rings. The van der Waals surface area contributed by atoms with Crippen LogP contribution in [0.5, 0.6) is 0 Å². The number of fused-ring (bicyclic) bond motifs is 1. The van der Waals surface area contributed by atoms with Crippen LogP contribution in [-0.4, -0.2) is 85.1 Å². The van der Waals surface area contributed by atoms with Crippen LogP contribution in [0.3, 0.4) is 0 Å². The van der Waals surface area contributed by atoms with Crippen LogP contribution in [0.2, 0.25) is 0 Å². The monoisotopic (exact) mass is 1170 g/mol. The van der Waals surface area contributed by atoms with Crippen LogP contribution < -0.4 is 21.9 Å². The van der Waals surface area contributed by atoms with Crippen LogP contribution in [0, 0.1) is 0 Å². The molecule has 2 aliphatic heterocycles. The first-order valence-corrected chi connectivity index (χ1v) is 26.2. The summed E-state index contributed by atoms with van der Waals surface area (Å²) in [7, 11) is 10.5. The standard InChI is InChI=1S/C32H12BF24.C9H23Cl3N3Si/c34-25(35,36)13-1-14(26(37,38)39)6-21(5-13)33(22-7-15(27(40,41)42)2-16(8-22)28(43,44)45,23-9-17(29(46,47)48)3-18(10-23)30(49,50)51)24-11-19(31(52,53)54)4-20(12-24)32(55,56)57;1-13(2)6-8-15(5)9-7-14(3,4)16(13,15,10,11)12/h1-12H;6-9H2,1-5H3/q-1;+1. The zero-order chi connectivity index (χ0) is 56.7. The average molecular weight is 1170 g/mol. The third-order valence-corrected chi connectivity index (χ3v) is 34.2. The van der Waals surface area contributed by atoms with Gasteiger partial charge in [-0.1, -0.05) is 48.5 Å². The summed E-state index contributed by atoms with van der Waals surface area (Å²) in [5.74, 6) is 0. The molecule has 2 saturated heterocycles. The van der Waals surface area contributed by atoms with E-state index < -0.39 is 200 Å². The topological polar surface area (TPSA) is 0 Å². The molecule has 2 heterocycles. The predicted molar refractivity (Wildman–Crippen MR) is 223 cm³/mol. The van der Waals surface area contributed by atoms with Gasteiger partial charge < -0.3 is 0 Å². The Kier molecular flexibility index (Phi) is 13.9. The molecule has 0 atom stereocenters. The molecule has 0 bridgehead atoms. The Hall–Kier alpha value is -3.77. The number of nitrogens with zero attached hydrogens (tertiary/aromatic N) is 3. The number of hydrogen-bond acceptors (Lipinski definition) is 0. The second kappa shape index (κ2) is 16.9. The summed E-state index contributed by atoms with van der Waals surface area (Å²) in [6, 6.07) is -8.81. The van der Waals surface area contributed by atoms with Crippen molar-refractivity contribution >= 4 is 66.3 Å². The summed E-state index contributed by atoms with van der Waals surface area (Å²) in [4.78, 5) is 0. The maximum atomic E-state index is 14.2. The van der Waals surface area contributed by atoms with Gasteiger partial charge in [0.05, 0.1) is 44.5 Å². The van der Waals surface area contributed by atoms with Gasteiger partial charge in [-0.2, -0.15) is 127 Å². The summed E-state index contributed by atoms with van der Waals surface area (Å²) < 4.78 is 343. The van der Waals surface area contributed by atoms with Crippen molar-refractivity contribution in [2.75, 3.05) is 61.4 Å². The number of rotatable bonds is 4. The molecule has 0 aliphatic carbocycles. The zero-order valence-electron chi connectivity index (χ0n) is 37.4. The fourth-order valence-corrected chi connectivity index (χ4v) is 19.4. The number of benzene rings is 4. The van der Waals surface area contributed by atoms with Crippen LogP contribution in [0.25, 0.3) is 0 Å². The molecular weight excluding hydrogens is 1140 g/mol. The van der Waals surface area contributed by atoms with Crippen LogP contribution in [0.1, 0.15) is 44.5 Å². The minimum absolute atomic E-state index is 0.545. The largest absolute Gasteiger partial charge is 0.416 e. The molecule has 6 rings (SSSR count). The van der Waals surface area contributed by atoms with E-state index in [1.807, 2.05) is 0 Å². The van der Waals surface area contributed by atoms with E-state index in [0.717, 1.165) is 26.2 Å². The van der Waals surface area contributed by atoms with Crippen LogP contribution in [-0.2, 0) is 49.4 Å². The summed E-state index contributed by atoms with van der Waals surface area (Å²) >= 11 is 21.6. The fourth-order valence-electron chi connectivity index (χ4n) is 10.1. The average Bonchev–Trinajstić information content (AvgIpc) is 3.41. The fraction of sp³-hybridized carbons (Fsp3) is 0.415. The van der Waals surface area contributed by atoms with Gasteiger partial charge in [0.2, 0.25) is 0 Å². The number of likely N-dealkylation sites (N-methyl/N-ethyl adjacent to an activating group) is 3. The van der Waals surface area contributed by atoms with Gasteiger partial charge >= 0.3 is 162 Å². The first kappa shape index (κ1) is 60.1. The minimum Gasteiger partial charge on any atom is -0.194 e. The third-order valence-electron chi connectivity index (χ3n) is 14.3. The number of alkyl halides is 24. The number of quaternary nitrogens is 3. The van der Waals surface area contributed by atoms with E-state index in [4.69, 9.17) is 33.2 Å². The second-order valence-electron chi connectivity index (χ2n) is 19.2. The van der Waals surface area contributed by atoms with Gasteiger partial charge in [0.1, 0.15) is 6.15 Å². The van der Waals surface area contributed by atoms with Gasteiger partial charge in [0.15, 0.2) is 0 Å². The van der Waals surface area contributed by atoms with Crippen molar-refractivity contribution in [1.29, 1.82) is 0 Å². The van der Waals surface area contributed by atoms with Crippen LogP contribution in [0.4, 0.5) is 105 Å². The summed E-state index contributed by atoms with van der Waals surface area (Å²) in [6.45, 7) is 3.82. The zero-order valence-corrected chi connectivity index (χ0v) is 40.6. The maximum Gasteiger partial charge on any atom is 0.416 e. The number of halogens is 27. The molecule has 0 aromatic heterocycles. The second-order valence-corrected chi connectivity index (χ2v) is 34.9. The summed E-state index contributed by atoms with van der Waals surface area (Å²) in [5.41, 5.74) is -30.2. The van der Waals surface area contributed by atoms with Crippen LogP contribution >= 0.6 is 33.2 Å². The SMILES string of the molecule is C[N+]1(C)CC[N+]2(C)CC[N+](C)(C)[Si-2]12(Cl)(Cl)Cl.FC(F)(F)c1cc([B-](c2cc(C(F)(F)F)cc(C(F)(F)F)c2)(c2cc(C(F)(F)F)cc(C(F)(F)F)c2)c2cc(C(F)(F)F)cc(C(F)(F)F)c2)cc(C(F)(F)F)c1. The Bertz CT molecular complexity index is 2350. The first-order valence-electron chi connectivity index (χ1n) is 20.4. The Morgan fingerprint density at radius 1 is 0.301 bits per heavy atom. The third kappa shape index (κ3) is 9.75. The van der Waals surface area contributed by atoms with E-state index in [1.54, 1.807) is 0 Å². The molecule has 0 saturated carbocycles. The van der Waals surface area contributed by atoms with Crippen molar-refractivity contribution in [2.24, 2.45) is 0 Å². The Balaban J connectivity index is 0.000000520. The molecule has 2 aliphatic rings. The van der Waals surface area contributed by atoms with Crippen molar-refractivity contribution in [3.63, 3.8) is 0 Å². The normalized spacial score (nSPS) is 22.0. The molecule has 0 unspecified atom stereocenters. The Morgan fingerprint density at radius 3 is 0.575 bits per heavy atom. The van der Waals surface area contributed by atoms with Crippen molar-refractivity contribution in [1.82, 2.24) is 0 Å². The molecule has 0 amide bonds. The van der Waals surface area contributed by atoms with E-state index in [2.05, 4.69) is 35.2 Å². The van der Waals surface area contributed by atoms with Gasteiger partial charge in [0.25, 0.3) is 0 Å². The predicted octanol–water partition coefficient (Wildman–Crippen LogP) is 12.9. The molecule has 73 heavy (non-hydrogen) atoms. The Labute approximate surface area is 411 Å². The van der Waals surface area contributed by atoms with E-state index >= 15 is 0 Å². The molecule has 0 radical (unpaired) electrons. The van der Waals surface area contributed by atoms with Crippen molar-refractivity contribution < 1.29 is 118 Å². The molecule has 4 aromatic carbocycles. The molecule has 0 N–H and O–H groups in total. The summed E-state index contributed by atoms with van der Waals surface area (Å²) in [6.07, 6.45) is -54.8. The molecule has 32 heteroatoms. The Morgan fingerprint density at radius 2 is 0.452 bits per heavy atom. The van der Waals surface area contributed by atoms with Gasteiger partial charge in [-0.25, -0.2) is 0 Å². The first-order chi connectivity index (χ1) is 32.0. The maximum absolute atomic E-state index is 14.2. The smallest absolute Gasteiger partial charge is 0.194 e. The minimum atomic E-state index is -6.13. The summed E-state index contributed by atoms with van der Waals surface area (Å²) in [5, 5.41) is -4.37. The van der Waals surface area contributed by atoms with Crippen molar-refractivity contribution in [2.45, 2.75) is 49.4 Å². The van der Waals surface area contributed by atoms with Gasteiger partial charge in [-0.15, -0.1) is 0 Å². The van der Waals surface area contributed by atoms with E-state index in [-0.39, 0.29) is 0 Å². The van der Waals surface area contributed by atoms with E-state index in [0.29, 0.717) is 12.4 Å². The molecule has 0 spiro atoms. The molecule has 3 nitrogen and oxygen atoms in total. The van der Waals surface area contributed by atoms with Gasteiger partial charge in [-0.05, 0) is 24.3 Å². The molecular formula is C41H35BCl3F24N3Si.